The zero-order valence-electron chi connectivity index (χ0n) is 15.3. The number of aromatic hydroxyl groups is 1. The lowest BCUT2D eigenvalue weighted by Crippen LogP contribution is -2.38. The van der Waals surface area contributed by atoms with Crippen molar-refractivity contribution < 1.29 is 14.6 Å². The quantitative estimate of drug-likeness (QED) is 0.347. The summed E-state index contributed by atoms with van der Waals surface area (Å²) in [5, 5.41) is 16.4. The Morgan fingerprint density at radius 2 is 2.08 bits per heavy atom. The van der Waals surface area contributed by atoms with E-state index >= 15 is 0 Å². The molecule has 0 heterocycles. The Bertz CT molecular complexity index is 504. The lowest BCUT2D eigenvalue weighted by atomic mass is 10.2. The minimum Gasteiger partial charge on any atom is -0.508 e. The van der Waals surface area contributed by atoms with Gasteiger partial charge in [-0.1, -0.05) is 13.8 Å². The molecule has 0 fully saturated rings. The molecule has 6 nitrogen and oxygen atoms in total. The van der Waals surface area contributed by atoms with Gasteiger partial charge in [-0.2, -0.15) is 0 Å². The second-order valence-corrected chi connectivity index (χ2v) is 5.94. The summed E-state index contributed by atoms with van der Waals surface area (Å²) < 4.78 is 10.7. The molecule has 0 atom stereocenters. The first-order valence-corrected chi connectivity index (χ1v) is 8.52. The molecule has 0 aliphatic rings. The molecule has 0 saturated carbocycles. The van der Waals surface area contributed by atoms with Crippen LogP contribution in [0.3, 0.4) is 0 Å². The Balaban J connectivity index is 2.47. The molecule has 0 spiro atoms. The monoisotopic (exact) mass is 337 g/mol. The topological polar surface area (TPSA) is 75.1 Å². The van der Waals surface area contributed by atoms with Gasteiger partial charge in [0.05, 0.1) is 13.7 Å². The summed E-state index contributed by atoms with van der Waals surface area (Å²) in [6.07, 6.45) is 0.918. The van der Waals surface area contributed by atoms with Gasteiger partial charge < -0.3 is 25.2 Å². The molecule has 0 saturated heterocycles. The van der Waals surface area contributed by atoms with E-state index in [-0.39, 0.29) is 5.75 Å². The summed E-state index contributed by atoms with van der Waals surface area (Å²) in [6.45, 7) is 9.77. The maximum atomic E-state index is 9.91. The van der Waals surface area contributed by atoms with Gasteiger partial charge in [0.15, 0.2) is 5.96 Å². The van der Waals surface area contributed by atoms with Gasteiger partial charge in [-0.15, -0.1) is 0 Å². The number of guanidine groups is 1. The van der Waals surface area contributed by atoms with Crippen LogP contribution in [0.15, 0.2) is 23.2 Å². The molecule has 0 unspecified atom stereocenters. The third kappa shape index (κ3) is 8.06. The number of aliphatic imine (C=N–C) groups is 1. The van der Waals surface area contributed by atoms with Crippen LogP contribution in [0.25, 0.3) is 0 Å². The molecule has 0 aliphatic heterocycles. The predicted octanol–water partition coefficient (Wildman–Crippen LogP) is 2.52. The van der Waals surface area contributed by atoms with Crippen molar-refractivity contribution in [2.24, 2.45) is 10.9 Å². The molecule has 0 aliphatic carbocycles. The number of ether oxygens (including phenoxy) is 2. The first kappa shape index (κ1) is 20.1. The summed E-state index contributed by atoms with van der Waals surface area (Å²) >= 11 is 0. The van der Waals surface area contributed by atoms with Crippen LogP contribution in [-0.2, 0) is 11.3 Å². The summed E-state index contributed by atoms with van der Waals surface area (Å²) in [5.74, 6) is 2.21. The van der Waals surface area contributed by atoms with E-state index < -0.39 is 0 Å². The number of nitrogens with zero attached hydrogens (tertiary/aromatic N) is 1. The van der Waals surface area contributed by atoms with Gasteiger partial charge in [-0.25, -0.2) is 4.99 Å². The van der Waals surface area contributed by atoms with Crippen LogP contribution in [0.5, 0.6) is 11.5 Å². The summed E-state index contributed by atoms with van der Waals surface area (Å²) in [7, 11) is 1.60. The van der Waals surface area contributed by atoms with Gasteiger partial charge in [0.2, 0.25) is 0 Å². The molecule has 0 aromatic heterocycles. The van der Waals surface area contributed by atoms with E-state index in [9.17, 15) is 5.11 Å². The SMILES string of the molecule is CCNC(=NCc1cc(OC)ccc1O)NCCCOCC(C)C. The Morgan fingerprint density at radius 1 is 1.29 bits per heavy atom. The summed E-state index contributed by atoms with van der Waals surface area (Å²) in [5.41, 5.74) is 0.729. The molecule has 136 valence electrons. The van der Waals surface area contributed by atoms with Crippen LogP contribution in [0.1, 0.15) is 32.8 Å². The Morgan fingerprint density at radius 3 is 2.75 bits per heavy atom. The molecule has 6 heteroatoms. The molecule has 1 aromatic rings. The normalized spacial score (nSPS) is 11.6. The Kier molecular flexibility index (Phi) is 9.68. The van der Waals surface area contributed by atoms with Gasteiger partial charge in [0.25, 0.3) is 0 Å². The van der Waals surface area contributed by atoms with Gasteiger partial charge >= 0.3 is 0 Å². The lowest BCUT2D eigenvalue weighted by Gasteiger charge is -2.12. The van der Waals surface area contributed by atoms with Crippen LogP contribution >= 0.6 is 0 Å². The molecular weight excluding hydrogens is 306 g/mol. The van der Waals surface area contributed by atoms with Gasteiger partial charge in [-0.05, 0) is 37.5 Å². The average Bonchev–Trinajstić information content (AvgIpc) is 2.56. The number of phenolic OH excluding ortho intramolecular Hbond substituents is 1. The highest BCUT2D eigenvalue weighted by molar-refractivity contribution is 5.79. The van der Waals surface area contributed by atoms with Crippen LogP contribution in [-0.4, -0.2) is 44.5 Å². The first-order valence-electron chi connectivity index (χ1n) is 8.52. The van der Waals surface area contributed by atoms with Crippen LogP contribution in [0.2, 0.25) is 0 Å². The number of methoxy groups -OCH3 is 1. The zero-order chi connectivity index (χ0) is 17.8. The largest absolute Gasteiger partial charge is 0.508 e. The van der Waals surface area contributed by atoms with Gasteiger partial charge in [0.1, 0.15) is 11.5 Å². The number of hydrogen-bond donors (Lipinski definition) is 3. The van der Waals surface area contributed by atoms with Crippen molar-refractivity contribution in [3.8, 4) is 11.5 Å². The fraction of sp³-hybridized carbons (Fsp3) is 0.611. The van der Waals surface area contributed by atoms with Crippen molar-refractivity contribution in [1.29, 1.82) is 0 Å². The lowest BCUT2D eigenvalue weighted by molar-refractivity contribution is 0.108. The second-order valence-electron chi connectivity index (χ2n) is 5.94. The molecule has 24 heavy (non-hydrogen) atoms. The fourth-order valence-corrected chi connectivity index (χ4v) is 2.02. The van der Waals surface area contributed by atoms with Crippen LogP contribution in [0.4, 0.5) is 0 Å². The van der Waals surface area contributed by atoms with E-state index in [4.69, 9.17) is 9.47 Å². The van der Waals surface area contributed by atoms with E-state index in [0.717, 1.165) is 44.2 Å². The highest BCUT2D eigenvalue weighted by atomic mass is 16.5. The van der Waals surface area contributed by atoms with E-state index in [1.54, 1.807) is 25.3 Å². The molecule has 0 amide bonds. The number of phenols is 1. The van der Waals surface area contributed by atoms with E-state index in [1.165, 1.54) is 0 Å². The number of hydrogen-bond acceptors (Lipinski definition) is 4. The molecule has 1 aromatic carbocycles. The van der Waals surface area contributed by atoms with Gasteiger partial charge in [-0.3, -0.25) is 0 Å². The van der Waals surface area contributed by atoms with E-state index in [2.05, 4.69) is 29.5 Å². The van der Waals surface area contributed by atoms with Crippen LogP contribution < -0.4 is 15.4 Å². The van der Waals surface area contributed by atoms with Crippen molar-refractivity contribution >= 4 is 5.96 Å². The molecule has 3 N–H and O–H groups in total. The minimum atomic E-state index is 0.220. The van der Waals surface area contributed by atoms with Crippen molar-refractivity contribution in [1.82, 2.24) is 10.6 Å². The Hall–Kier alpha value is -1.95. The standard InChI is InChI=1S/C18H31N3O3/c1-5-19-18(20-9-6-10-24-13-14(2)3)21-12-15-11-16(23-4)7-8-17(15)22/h7-8,11,14,22H,5-6,9-10,12-13H2,1-4H3,(H2,19,20,21). The van der Waals surface area contributed by atoms with Crippen molar-refractivity contribution in [3.05, 3.63) is 23.8 Å². The highest BCUT2D eigenvalue weighted by Gasteiger charge is 2.04. The smallest absolute Gasteiger partial charge is 0.191 e. The maximum Gasteiger partial charge on any atom is 0.191 e. The third-order valence-corrected chi connectivity index (χ3v) is 3.25. The summed E-state index contributed by atoms with van der Waals surface area (Å²) in [4.78, 5) is 4.50. The van der Waals surface area contributed by atoms with Crippen LogP contribution in [0, 0.1) is 5.92 Å². The van der Waals surface area contributed by atoms with Crippen molar-refractivity contribution in [2.45, 2.75) is 33.7 Å². The fourth-order valence-electron chi connectivity index (χ4n) is 2.02. The van der Waals surface area contributed by atoms with E-state index in [1.807, 2.05) is 6.92 Å². The molecule has 0 radical (unpaired) electrons. The molecule has 1 rings (SSSR count). The predicted molar refractivity (Wildman–Crippen MR) is 97.8 cm³/mol. The maximum absolute atomic E-state index is 9.91. The average molecular weight is 337 g/mol. The van der Waals surface area contributed by atoms with Gasteiger partial charge in [0, 0.05) is 31.9 Å². The zero-order valence-corrected chi connectivity index (χ0v) is 15.3. The second kappa shape index (κ2) is 11.6. The summed E-state index contributed by atoms with van der Waals surface area (Å²) in [6, 6.07) is 5.14. The third-order valence-electron chi connectivity index (χ3n) is 3.25. The van der Waals surface area contributed by atoms with Crippen molar-refractivity contribution in [3.63, 3.8) is 0 Å². The number of rotatable bonds is 10. The molecule has 0 bridgehead atoms. The van der Waals surface area contributed by atoms with Crippen molar-refractivity contribution in [2.75, 3.05) is 33.4 Å². The minimum absolute atomic E-state index is 0.220. The number of benzene rings is 1. The Labute approximate surface area is 145 Å². The van der Waals surface area contributed by atoms with E-state index in [0.29, 0.717) is 18.2 Å². The molecular formula is C18H31N3O3. The first-order chi connectivity index (χ1) is 11.6. The number of nitrogens with one attached hydrogen (secondary N) is 2. The highest BCUT2D eigenvalue weighted by Crippen LogP contribution is 2.23.